The van der Waals surface area contributed by atoms with Crippen LogP contribution < -0.4 is 5.32 Å². The van der Waals surface area contributed by atoms with Gasteiger partial charge in [0, 0.05) is 7.47 Å². The van der Waals surface area contributed by atoms with Crippen LogP contribution in [0.25, 0.3) is 0 Å². The van der Waals surface area contributed by atoms with E-state index in [4.69, 9.17) is 0 Å². The zero-order valence-corrected chi connectivity index (χ0v) is 9.47. The summed E-state index contributed by atoms with van der Waals surface area (Å²) < 4.78 is 0. The topological polar surface area (TPSA) is 15.3 Å². The maximum atomic E-state index is 3.45. The van der Waals surface area contributed by atoms with Gasteiger partial charge in [0.05, 0.1) is 0 Å². The van der Waals surface area contributed by atoms with Gasteiger partial charge in [-0.15, -0.1) is 0 Å². The predicted molar refractivity (Wildman–Crippen MR) is 62.6 cm³/mol. The van der Waals surface area contributed by atoms with Gasteiger partial charge in [0.25, 0.3) is 0 Å². The summed E-state index contributed by atoms with van der Waals surface area (Å²) in [5.41, 5.74) is 0. The second-order valence-corrected chi connectivity index (χ2v) is 4.87. The van der Waals surface area contributed by atoms with Crippen molar-refractivity contribution in [3.8, 4) is 0 Å². The fourth-order valence-electron chi connectivity index (χ4n) is 2.90. The molecule has 2 heterocycles. The first kappa shape index (κ1) is 10.4. The zero-order chi connectivity index (χ0) is 9.80. The van der Waals surface area contributed by atoms with Gasteiger partial charge >= 0.3 is 0 Å². The molecule has 2 aliphatic heterocycles. The van der Waals surface area contributed by atoms with Crippen LogP contribution >= 0.6 is 0 Å². The first-order valence-electron chi connectivity index (χ1n) is 6.35. The number of hydrogen-bond acceptors (Lipinski definition) is 2. The molecular formula is C12H26N2. The lowest BCUT2D eigenvalue weighted by atomic mass is 9.92. The molecule has 0 aromatic rings. The van der Waals surface area contributed by atoms with Crippen molar-refractivity contribution in [2.75, 3.05) is 26.2 Å². The standard InChI is InChI=1S/C12H24N2.H2/c1-2-11-5-9-14(10-6-11)12-3-7-13-8-4-12;/h11-13H,2-10H2,1H3;1H. The number of likely N-dealkylation sites (tertiary alicyclic amines) is 1. The Morgan fingerprint density at radius 3 is 2.36 bits per heavy atom. The monoisotopic (exact) mass is 198 g/mol. The molecule has 2 fully saturated rings. The third-order valence-corrected chi connectivity index (χ3v) is 4.05. The second kappa shape index (κ2) is 5.13. The van der Waals surface area contributed by atoms with E-state index in [1.807, 2.05) is 0 Å². The average Bonchev–Trinajstić information content (AvgIpc) is 2.30. The van der Waals surface area contributed by atoms with E-state index < -0.39 is 0 Å². The molecule has 2 rings (SSSR count). The Kier molecular flexibility index (Phi) is 3.82. The first-order chi connectivity index (χ1) is 6.90. The molecule has 0 atom stereocenters. The molecule has 84 valence electrons. The van der Waals surface area contributed by atoms with E-state index >= 15 is 0 Å². The fraction of sp³-hybridized carbons (Fsp3) is 1.00. The fourth-order valence-corrected chi connectivity index (χ4v) is 2.90. The minimum atomic E-state index is 0. The lowest BCUT2D eigenvalue weighted by molar-refractivity contribution is 0.110. The van der Waals surface area contributed by atoms with E-state index in [1.54, 1.807) is 0 Å². The summed E-state index contributed by atoms with van der Waals surface area (Å²) in [6.07, 6.45) is 7.02. The number of nitrogens with zero attached hydrogens (tertiary/aromatic N) is 1. The van der Waals surface area contributed by atoms with E-state index in [9.17, 15) is 0 Å². The number of hydrogen-bond donors (Lipinski definition) is 1. The van der Waals surface area contributed by atoms with Gasteiger partial charge < -0.3 is 10.2 Å². The Bertz CT molecular complexity index is 161. The Labute approximate surface area is 89.5 Å². The van der Waals surface area contributed by atoms with Gasteiger partial charge in [-0.3, -0.25) is 0 Å². The minimum absolute atomic E-state index is 0. The molecule has 2 heteroatoms. The molecule has 1 N–H and O–H groups in total. The van der Waals surface area contributed by atoms with E-state index in [0.717, 1.165) is 12.0 Å². The van der Waals surface area contributed by atoms with Crippen molar-refractivity contribution < 1.29 is 1.43 Å². The summed E-state index contributed by atoms with van der Waals surface area (Å²) in [5.74, 6) is 1.02. The Balaban J connectivity index is 0.00000112. The summed E-state index contributed by atoms with van der Waals surface area (Å²) >= 11 is 0. The van der Waals surface area contributed by atoms with E-state index in [1.165, 1.54) is 58.3 Å². The van der Waals surface area contributed by atoms with Gasteiger partial charge in [-0.1, -0.05) is 13.3 Å². The van der Waals surface area contributed by atoms with Gasteiger partial charge in [-0.2, -0.15) is 0 Å². The molecule has 0 aromatic carbocycles. The summed E-state index contributed by atoms with van der Waals surface area (Å²) in [6, 6.07) is 0.897. The second-order valence-electron chi connectivity index (χ2n) is 4.87. The predicted octanol–water partition coefficient (Wildman–Crippen LogP) is 2.11. The molecule has 0 radical (unpaired) electrons. The Morgan fingerprint density at radius 2 is 1.79 bits per heavy atom. The molecule has 0 aromatic heterocycles. The highest BCUT2D eigenvalue weighted by Crippen LogP contribution is 2.23. The third kappa shape index (κ3) is 2.48. The molecule has 0 spiro atoms. The molecule has 14 heavy (non-hydrogen) atoms. The molecule has 2 aliphatic rings. The van der Waals surface area contributed by atoms with Gasteiger partial charge in [0.2, 0.25) is 0 Å². The van der Waals surface area contributed by atoms with Crippen LogP contribution in [0.3, 0.4) is 0 Å². The number of nitrogens with one attached hydrogen (secondary N) is 1. The van der Waals surface area contributed by atoms with Gasteiger partial charge in [-0.25, -0.2) is 0 Å². The highest BCUT2D eigenvalue weighted by Gasteiger charge is 2.24. The van der Waals surface area contributed by atoms with Crippen LogP contribution in [-0.4, -0.2) is 37.1 Å². The van der Waals surface area contributed by atoms with Crippen molar-refractivity contribution in [3.05, 3.63) is 0 Å². The maximum Gasteiger partial charge on any atom is 0.0119 e. The molecule has 2 nitrogen and oxygen atoms in total. The van der Waals surface area contributed by atoms with Crippen LogP contribution in [0.4, 0.5) is 0 Å². The SMILES string of the molecule is CCC1CCN(C2CCNCC2)CC1.[HH]. The van der Waals surface area contributed by atoms with Crippen molar-refractivity contribution in [2.45, 2.75) is 45.1 Å². The van der Waals surface area contributed by atoms with Crippen LogP contribution in [0, 0.1) is 5.92 Å². The van der Waals surface area contributed by atoms with Gasteiger partial charge in [0.15, 0.2) is 0 Å². The summed E-state index contributed by atoms with van der Waals surface area (Å²) in [6.45, 7) is 7.54. The van der Waals surface area contributed by atoms with Crippen LogP contribution in [0.2, 0.25) is 0 Å². The Morgan fingerprint density at radius 1 is 1.14 bits per heavy atom. The number of rotatable bonds is 2. The van der Waals surface area contributed by atoms with Crippen molar-refractivity contribution in [1.82, 2.24) is 10.2 Å². The molecule has 0 unspecified atom stereocenters. The Hall–Kier alpha value is -0.0800. The largest absolute Gasteiger partial charge is 0.317 e. The van der Waals surface area contributed by atoms with Crippen molar-refractivity contribution in [1.29, 1.82) is 0 Å². The lowest BCUT2D eigenvalue weighted by Crippen LogP contribution is -2.46. The van der Waals surface area contributed by atoms with Gasteiger partial charge in [0.1, 0.15) is 0 Å². The maximum absolute atomic E-state index is 3.45. The summed E-state index contributed by atoms with van der Waals surface area (Å²) in [4.78, 5) is 2.74. The minimum Gasteiger partial charge on any atom is -0.317 e. The highest BCUT2D eigenvalue weighted by atomic mass is 15.2. The van der Waals surface area contributed by atoms with E-state index in [-0.39, 0.29) is 1.43 Å². The molecular weight excluding hydrogens is 172 g/mol. The van der Waals surface area contributed by atoms with E-state index in [2.05, 4.69) is 17.1 Å². The normalized spacial score (nSPS) is 28.1. The molecule has 0 bridgehead atoms. The van der Waals surface area contributed by atoms with Crippen molar-refractivity contribution in [2.24, 2.45) is 5.92 Å². The van der Waals surface area contributed by atoms with Crippen LogP contribution in [-0.2, 0) is 0 Å². The van der Waals surface area contributed by atoms with Crippen molar-refractivity contribution >= 4 is 0 Å². The average molecular weight is 198 g/mol. The smallest absolute Gasteiger partial charge is 0.0119 e. The quantitative estimate of drug-likeness (QED) is 0.731. The third-order valence-electron chi connectivity index (χ3n) is 4.05. The summed E-state index contributed by atoms with van der Waals surface area (Å²) in [7, 11) is 0. The summed E-state index contributed by atoms with van der Waals surface area (Å²) in [5, 5.41) is 3.45. The van der Waals surface area contributed by atoms with Crippen LogP contribution in [0.5, 0.6) is 0 Å². The molecule has 0 aliphatic carbocycles. The van der Waals surface area contributed by atoms with Crippen molar-refractivity contribution in [3.63, 3.8) is 0 Å². The number of piperidine rings is 2. The molecule has 0 amide bonds. The van der Waals surface area contributed by atoms with Crippen LogP contribution in [0.15, 0.2) is 0 Å². The molecule has 0 saturated carbocycles. The molecule has 2 saturated heterocycles. The van der Waals surface area contributed by atoms with Crippen LogP contribution in [0.1, 0.15) is 40.5 Å². The zero-order valence-electron chi connectivity index (χ0n) is 9.47. The van der Waals surface area contributed by atoms with Gasteiger partial charge in [-0.05, 0) is 57.8 Å². The highest BCUT2D eigenvalue weighted by molar-refractivity contribution is 4.81. The lowest BCUT2D eigenvalue weighted by Gasteiger charge is -2.39. The first-order valence-corrected chi connectivity index (χ1v) is 6.35. The van der Waals surface area contributed by atoms with E-state index in [0.29, 0.717) is 0 Å².